The number of nitrogens with zero attached hydrogens (tertiary/aromatic N) is 2. The van der Waals surface area contributed by atoms with E-state index >= 15 is 0 Å². The number of hydrogen-bond acceptors (Lipinski definition) is 2. The van der Waals surface area contributed by atoms with Gasteiger partial charge < -0.3 is 4.90 Å². The van der Waals surface area contributed by atoms with E-state index in [1.165, 1.54) is 11.1 Å². The quantitative estimate of drug-likeness (QED) is 0.707. The van der Waals surface area contributed by atoms with Crippen LogP contribution in [0, 0.1) is 0 Å². The SMILES string of the molecule is CN(CC(F)F)c1ccc(Cl)nc1. The van der Waals surface area contributed by atoms with Gasteiger partial charge in [0.25, 0.3) is 6.43 Å². The van der Waals surface area contributed by atoms with E-state index in [0.717, 1.165) is 0 Å². The summed E-state index contributed by atoms with van der Waals surface area (Å²) >= 11 is 5.54. The van der Waals surface area contributed by atoms with E-state index < -0.39 is 6.43 Å². The zero-order valence-electron chi connectivity index (χ0n) is 7.04. The Morgan fingerprint density at radius 1 is 1.54 bits per heavy atom. The van der Waals surface area contributed by atoms with Gasteiger partial charge in [-0.3, -0.25) is 0 Å². The van der Waals surface area contributed by atoms with E-state index in [2.05, 4.69) is 4.98 Å². The summed E-state index contributed by atoms with van der Waals surface area (Å²) in [5.74, 6) is 0. The van der Waals surface area contributed by atoms with Gasteiger partial charge >= 0.3 is 0 Å². The van der Waals surface area contributed by atoms with Gasteiger partial charge in [-0.25, -0.2) is 13.8 Å². The molecule has 0 saturated carbocycles. The maximum atomic E-state index is 12.0. The van der Waals surface area contributed by atoms with E-state index in [1.807, 2.05) is 0 Å². The number of rotatable bonds is 3. The van der Waals surface area contributed by atoms with Crippen LogP contribution in [-0.4, -0.2) is 25.0 Å². The van der Waals surface area contributed by atoms with E-state index in [0.29, 0.717) is 10.8 Å². The predicted octanol–water partition coefficient (Wildman–Crippen LogP) is 2.44. The molecular weight excluding hydrogens is 198 g/mol. The second kappa shape index (κ2) is 4.37. The van der Waals surface area contributed by atoms with Crippen molar-refractivity contribution in [3.05, 3.63) is 23.5 Å². The first kappa shape index (κ1) is 10.2. The normalized spacial score (nSPS) is 10.5. The lowest BCUT2D eigenvalue weighted by atomic mass is 10.4. The van der Waals surface area contributed by atoms with Crippen LogP contribution in [0.5, 0.6) is 0 Å². The molecule has 0 unspecified atom stereocenters. The summed E-state index contributed by atoms with van der Waals surface area (Å²) in [6.07, 6.45) is -0.884. The first-order valence-electron chi connectivity index (χ1n) is 3.70. The van der Waals surface area contributed by atoms with Crippen LogP contribution >= 0.6 is 11.6 Å². The first-order chi connectivity index (χ1) is 6.09. The van der Waals surface area contributed by atoms with Crippen LogP contribution in [0.15, 0.2) is 18.3 Å². The van der Waals surface area contributed by atoms with Crippen LogP contribution in [0.2, 0.25) is 5.15 Å². The summed E-state index contributed by atoms with van der Waals surface area (Å²) in [6.45, 7) is -0.302. The molecule has 0 aliphatic rings. The van der Waals surface area contributed by atoms with Gasteiger partial charge in [0, 0.05) is 7.05 Å². The van der Waals surface area contributed by atoms with Crippen molar-refractivity contribution >= 4 is 17.3 Å². The number of aromatic nitrogens is 1. The van der Waals surface area contributed by atoms with Crippen molar-refractivity contribution in [1.29, 1.82) is 0 Å². The minimum Gasteiger partial charge on any atom is -0.368 e. The average molecular weight is 207 g/mol. The highest BCUT2D eigenvalue weighted by molar-refractivity contribution is 6.29. The Kier molecular flexibility index (Phi) is 3.42. The highest BCUT2D eigenvalue weighted by Gasteiger charge is 2.08. The Morgan fingerprint density at radius 3 is 2.69 bits per heavy atom. The van der Waals surface area contributed by atoms with E-state index in [4.69, 9.17) is 11.6 Å². The second-order valence-electron chi connectivity index (χ2n) is 2.61. The molecule has 0 aliphatic carbocycles. The first-order valence-corrected chi connectivity index (χ1v) is 4.08. The van der Waals surface area contributed by atoms with Gasteiger partial charge in [-0.05, 0) is 12.1 Å². The van der Waals surface area contributed by atoms with Crippen molar-refractivity contribution in [3.8, 4) is 0 Å². The standard InChI is InChI=1S/C8H9ClF2N2/c1-13(5-8(10)11)6-2-3-7(9)12-4-6/h2-4,8H,5H2,1H3. The van der Waals surface area contributed by atoms with Gasteiger partial charge in [0.05, 0.1) is 18.4 Å². The molecule has 1 aromatic rings. The molecule has 0 fully saturated rings. The van der Waals surface area contributed by atoms with Crippen molar-refractivity contribution < 1.29 is 8.78 Å². The number of hydrogen-bond donors (Lipinski definition) is 0. The fraction of sp³-hybridized carbons (Fsp3) is 0.375. The molecule has 0 bridgehead atoms. The highest BCUT2D eigenvalue weighted by Crippen LogP contribution is 2.14. The molecule has 72 valence electrons. The monoisotopic (exact) mass is 206 g/mol. The van der Waals surface area contributed by atoms with Crippen molar-refractivity contribution in [2.24, 2.45) is 0 Å². The fourth-order valence-electron chi connectivity index (χ4n) is 0.906. The molecule has 2 nitrogen and oxygen atoms in total. The molecule has 1 aromatic heterocycles. The van der Waals surface area contributed by atoms with Gasteiger partial charge in [-0.2, -0.15) is 0 Å². The molecule has 13 heavy (non-hydrogen) atoms. The minimum absolute atomic E-state index is 0.302. The third-order valence-electron chi connectivity index (χ3n) is 1.56. The molecule has 1 heterocycles. The average Bonchev–Trinajstić information content (AvgIpc) is 2.04. The van der Waals surface area contributed by atoms with E-state index in [9.17, 15) is 8.78 Å². The molecule has 0 atom stereocenters. The van der Waals surface area contributed by atoms with Crippen LogP contribution in [0.4, 0.5) is 14.5 Å². The Labute approximate surface area is 80.1 Å². The van der Waals surface area contributed by atoms with Crippen LogP contribution in [0.25, 0.3) is 0 Å². The smallest absolute Gasteiger partial charge is 0.255 e. The minimum atomic E-state index is -2.35. The van der Waals surface area contributed by atoms with Gasteiger partial charge in [0.15, 0.2) is 0 Å². The topological polar surface area (TPSA) is 16.1 Å². The third kappa shape index (κ3) is 3.14. The zero-order chi connectivity index (χ0) is 9.84. The maximum absolute atomic E-state index is 12.0. The summed E-state index contributed by atoms with van der Waals surface area (Å²) < 4.78 is 23.9. The summed E-state index contributed by atoms with van der Waals surface area (Å²) in [4.78, 5) is 5.21. The highest BCUT2D eigenvalue weighted by atomic mass is 35.5. The molecule has 0 saturated heterocycles. The fourth-order valence-corrected chi connectivity index (χ4v) is 1.02. The van der Waals surface area contributed by atoms with E-state index in [1.54, 1.807) is 19.2 Å². The summed E-state index contributed by atoms with van der Waals surface area (Å²) in [5, 5.41) is 0.356. The lowest BCUT2D eigenvalue weighted by molar-refractivity contribution is 0.156. The van der Waals surface area contributed by atoms with Gasteiger partial charge in [0.2, 0.25) is 0 Å². The molecule has 0 radical (unpaired) electrons. The Hall–Kier alpha value is -0.900. The number of halogens is 3. The van der Waals surface area contributed by atoms with Gasteiger partial charge in [-0.15, -0.1) is 0 Å². The van der Waals surface area contributed by atoms with Crippen LogP contribution < -0.4 is 4.90 Å². The van der Waals surface area contributed by atoms with Gasteiger partial charge in [-0.1, -0.05) is 11.6 Å². The molecule has 0 spiro atoms. The van der Waals surface area contributed by atoms with Crippen molar-refractivity contribution in [2.75, 3.05) is 18.5 Å². The molecular formula is C8H9ClF2N2. The Morgan fingerprint density at radius 2 is 2.23 bits per heavy atom. The number of anilines is 1. The lowest BCUT2D eigenvalue weighted by Gasteiger charge is -2.17. The Balaban J connectivity index is 2.66. The van der Waals surface area contributed by atoms with Crippen molar-refractivity contribution in [1.82, 2.24) is 4.98 Å². The molecule has 0 aromatic carbocycles. The molecule has 1 rings (SSSR count). The number of pyridine rings is 1. The predicted molar refractivity (Wildman–Crippen MR) is 48.5 cm³/mol. The maximum Gasteiger partial charge on any atom is 0.255 e. The summed E-state index contributed by atoms with van der Waals surface area (Å²) in [7, 11) is 1.58. The Bertz CT molecular complexity index is 263. The van der Waals surface area contributed by atoms with Crippen molar-refractivity contribution in [3.63, 3.8) is 0 Å². The van der Waals surface area contributed by atoms with Crippen LogP contribution in [0.1, 0.15) is 0 Å². The largest absolute Gasteiger partial charge is 0.368 e. The summed E-state index contributed by atoms with van der Waals surface area (Å²) in [6, 6.07) is 3.22. The second-order valence-corrected chi connectivity index (χ2v) is 3.00. The summed E-state index contributed by atoms with van der Waals surface area (Å²) in [5.41, 5.74) is 0.629. The van der Waals surface area contributed by atoms with Crippen LogP contribution in [0.3, 0.4) is 0 Å². The van der Waals surface area contributed by atoms with Crippen LogP contribution in [-0.2, 0) is 0 Å². The molecule has 0 aliphatic heterocycles. The molecule has 5 heteroatoms. The van der Waals surface area contributed by atoms with Crippen molar-refractivity contribution in [2.45, 2.75) is 6.43 Å². The molecule has 0 N–H and O–H groups in total. The zero-order valence-corrected chi connectivity index (χ0v) is 7.80. The molecule has 0 amide bonds. The van der Waals surface area contributed by atoms with Gasteiger partial charge in [0.1, 0.15) is 5.15 Å². The lowest BCUT2D eigenvalue weighted by Crippen LogP contribution is -2.23. The number of alkyl halides is 2. The third-order valence-corrected chi connectivity index (χ3v) is 1.79. The van der Waals surface area contributed by atoms with E-state index in [-0.39, 0.29) is 6.54 Å².